The van der Waals surface area contributed by atoms with Gasteiger partial charge in [-0.05, 0) is 106 Å². The molecule has 2 nitrogen and oxygen atoms in total. The molecule has 8 atom stereocenters. The zero-order valence-electron chi connectivity index (χ0n) is 19.8. The Hall–Kier alpha value is -0.500. The van der Waals surface area contributed by atoms with E-state index in [9.17, 15) is 9.90 Å². The minimum atomic E-state index is -0.911. The van der Waals surface area contributed by atoms with Crippen LogP contribution < -0.4 is 0 Å². The van der Waals surface area contributed by atoms with Gasteiger partial charge in [0.05, 0.1) is 21.3 Å². The van der Waals surface area contributed by atoms with Crippen LogP contribution in [0.4, 0.5) is 0 Å². The summed E-state index contributed by atoms with van der Waals surface area (Å²) in [6.07, 6.45) is 11.8. The minimum absolute atomic E-state index is 0.0845. The number of hydrogen-bond donors (Lipinski definition) is 1. The van der Waals surface area contributed by atoms with Crippen LogP contribution in [0.2, 0.25) is 5.21 Å². The zero-order chi connectivity index (χ0) is 22.1. The van der Waals surface area contributed by atoms with Gasteiger partial charge >= 0.3 is 0 Å². The third-order valence-electron chi connectivity index (χ3n) is 10.5. The Morgan fingerprint density at radius 2 is 1.87 bits per heavy atom. The predicted octanol–water partition coefficient (Wildman–Crippen LogP) is 5.38. The Kier molecular flexibility index (Phi) is 5.49. The zero-order valence-corrected chi connectivity index (χ0v) is 19.8. The summed E-state index contributed by atoms with van der Waals surface area (Å²) < 4.78 is 0. The highest BCUT2D eigenvalue weighted by Crippen LogP contribution is 2.68. The van der Waals surface area contributed by atoms with Crippen molar-refractivity contribution in [2.24, 2.45) is 40.4 Å². The fourth-order valence-electron chi connectivity index (χ4n) is 8.63. The van der Waals surface area contributed by atoms with Crippen LogP contribution in [0.15, 0.2) is 11.6 Å². The molecule has 162 valence electrons. The first-order valence-electron chi connectivity index (χ1n) is 12.3. The predicted molar refractivity (Wildman–Crippen MR) is 124 cm³/mol. The molecule has 0 saturated heterocycles. The summed E-state index contributed by atoms with van der Waals surface area (Å²) in [4.78, 5) is 11.8. The average Bonchev–Trinajstić information content (AvgIpc) is 2.97. The largest absolute Gasteiger partial charge is 0.390 e. The Morgan fingerprint density at radius 1 is 1.17 bits per heavy atom. The van der Waals surface area contributed by atoms with Crippen LogP contribution in [0.1, 0.15) is 92.4 Å². The summed E-state index contributed by atoms with van der Waals surface area (Å²) in [7, 11) is 13.0. The number of carbonyl (C=O) groups excluding carboxylic acids is 1. The van der Waals surface area contributed by atoms with E-state index in [1.807, 2.05) is 6.92 Å². The van der Waals surface area contributed by atoms with Crippen LogP contribution in [0.5, 0.6) is 0 Å². The molecule has 0 heterocycles. The van der Waals surface area contributed by atoms with Crippen molar-refractivity contribution in [1.29, 1.82) is 0 Å². The Bertz CT molecular complexity index is 741. The smallest absolute Gasteiger partial charge is 0.128 e. The molecule has 0 aromatic rings. The lowest BCUT2D eigenvalue weighted by Gasteiger charge is -2.59. The molecular formula is C26H40B2O2. The van der Waals surface area contributed by atoms with E-state index in [4.69, 9.17) is 15.7 Å². The maximum absolute atomic E-state index is 11.8. The lowest BCUT2D eigenvalue weighted by atomic mass is 9.41. The topological polar surface area (TPSA) is 37.3 Å². The number of ketones is 1. The number of allylic oxidation sites excluding steroid dienone is 1. The highest BCUT2D eigenvalue weighted by molar-refractivity contribution is 6.41. The van der Waals surface area contributed by atoms with Gasteiger partial charge in [-0.15, -0.1) is 0 Å². The van der Waals surface area contributed by atoms with Crippen molar-refractivity contribution >= 4 is 21.5 Å². The molecule has 4 aliphatic carbocycles. The van der Waals surface area contributed by atoms with Gasteiger partial charge in [0.2, 0.25) is 0 Å². The molecule has 0 spiro atoms. The molecule has 4 rings (SSSR count). The van der Waals surface area contributed by atoms with Gasteiger partial charge in [0.15, 0.2) is 0 Å². The third-order valence-corrected chi connectivity index (χ3v) is 10.5. The standard InChI is InChI=1S/C26H40B2O2/c1-16(29)14-26(27,28)17(2)20-8-9-21-19-7-6-18-15-23(3,30)12-13-24(18,4)22(19)10-11-25(20,21)5/h6,17,19-22,30H,7-15H2,1-5H3/t17-,19?,20?,21?,22?,23-,24?,25?/m0/s1. The van der Waals surface area contributed by atoms with E-state index in [1.165, 1.54) is 31.3 Å². The molecule has 4 heteroatoms. The third kappa shape index (κ3) is 3.48. The Balaban J connectivity index is 1.58. The highest BCUT2D eigenvalue weighted by Gasteiger charge is 2.60. The van der Waals surface area contributed by atoms with Gasteiger partial charge in [0.25, 0.3) is 0 Å². The maximum atomic E-state index is 11.8. The van der Waals surface area contributed by atoms with E-state index >= 15 is 0 Å². The van der Waals surface area contributed by atoms with Crippen molar-refractivity contribution in [1.82, 2.24) is 0 Å². The number of rotatable bonds is 4. The molecule has 1 N–H and O–H groups in total. The van der Waals surface area contributed by atoms with Gasteiger partial charge < -0.3 is 9.90 Å². The van der Waals surface area contributed by atoms with Crippen molar-refractivity contribution in [3.63, 3.8) is 0 Å². The fraction of sp³-hybridized carbons (Fsp3) is 0.885. The van der Waals surface area contributed by atoms with E-state index in [0.717, 1.165) is 37.5 Å². The van der Waals surface area contributed by atoms with Gasteiger partial charge in [-0.2, -0.15) is 0 Å². The highest BCUT2D eigenvalue weighted by atomic mass is 16.3. The lowest BCUT2D eigenvalue weighted by molar-refractivity contribution is -0.117. The van der Waals surface area contributed by atoms with Crippen LogP contribution in [-0.4, -0.2) is 32.2 Å². The SMILES string of the molecule is [B]C([B])(CC(C)=O)[C@@H](C)C1CCC2C3CC=C4C[C@@](C)(O)CCC4(C)C3CCC21C. The van der Waals surface area contributed by atoms with Crippen LogP contribution in [-0.2, 0) is 4.79 Å². The van der Waals surface area contributed by atoms with E-state index in [2.05, 4.69) is 26.8 Å². The molecule has 4 radical (unpaired) electrons. The summed E-state index contributed by atoms with van der Waals surface area (Å²) in [6.45, 7) is 10.8. The lowest BCUT2D eigenvalue weighted by Crippen LogP contribution is -2.52. The molecule has 0 aromatic carbocycles. The van der Waals surface area contributed by atoms with Gasteiger partial charge in [-0.3, -0.25) is 0 Å². The number of hydrogen-bond acceptors (Lipinski definition) is 2. The van der Waals surface area contributed by atoms with E-state index in [0.29, 0.717) is 11.8 Å². The molecule has 6 unspecified atom stereocenters. The summed E-state index contributed by atoms with van der Waals surface area (Å²) in [5.74, 6) is 2.90. The minimum Gasteiger partial charge on any atom is -0.390 e. The molecule has 3 fully saturated rings. The van der Waals surface area contributed by atoms with Crippen LogP contribution in [0, 0.1) is 40.4 Å². The van der Waals surface area contributed by atoms with Crippen molar-refractivity contribution in [3.8, 4) is 0 Å². The number of Topliss-reactive ketones (excluding diaryl/α,β-unsaturated/α-hetero) is 1. The van der Waals surface area contributed by atoms with Crippen LogP contribution in [0.3, 0.4) is 0 Å². The van der Waals surface area contributed by atoms with Crippen LogP contribution in [0.25, 0.3) is 0 Å². The van der Waals surface area contributed by atoms with Crippen molar-refractivity contribution in [2.75, 3.05) is 0 Å². The maximum Gasteiger partial charge on any atom is 0.128 e. The molecule has 0 bridgehead atoms. The number of fused-ring (bicyclic) bond motifs is 5. The van der Waals surface area contributed by atoms with Gasteiger partial charge in [-0.1, -0.05) is 43.6 Å². The second kappa shape index (κ2) is 7.26. The molecular weight excluding hydrogens is 366 g/mol. The summed E-state index contributed by atoms with van der Waals surface area (Å²) in [6, 6.07) is 0. The molecule has 30 heavy (non-hydrogen) atoms. The normalized spacial score (nSPS) is 46.9. The first-order valence-corrected chi connectivity index (χ1v) is 12.3. The molecule has 0 aliphatic heterocycles. The summed E-state index contributed by atoms with van der Waals surface area (Å²) >= 11 is 0. The quantitative estimate of drug-likeness (QED) is 0.503. The monoisotopic (exact) mass is 406 g/mol. The van der Waals surface area contributed by atoms with Gasteiger partial charge in [0.1, 0.15) is 5.78 Å². The summed E-state index contributed by atoms with van der Waals surface area (Å²) in [5.41, 5.74) is 1.52. The average molecular weight is 406 g/mol. The molecule has 0 aromatic heterocycles. The van der Waals surface area contributed by atoms with Gasteiger partial charge in [-0.25, -0.2) is 0 Å². The van der Waals surface area contributed by atoms with Gasteiger partial charge in [0, 0.05) is 0 Å². The van der Waals surface area contributed by atoms with E-state index < -0.39 is 10.8 Å². The van der Waals surface area contributed by atoms with Crippen molar-refractivity contribution in [2.45, 2.75) is 103 Å². The molecule has 3 saturated carbocycles. The Labute approximate surface area is 186 Å². The van der Waals surface area contributed by atoms with Crippen LogP contribution >= 0.6 is 0 Å². The number of aliphatic hydroxyl groups is 1. The molecule has 4 aliphatic rings. The summed E-state index contributed by atoms with van der Waals surface area (Å²) in [5, 5.41) is 9.75. The first-order chi connectivity index (χ1) is 13.8. The second-order valence-electron chi connectivity index (χ2n) is 12.4. The van der Waals surface area contributed by atoms with Crippen molar-refractivity contribution < 1.29 is 9.90 Å². The first kappa shape index (κ1) is 22.7. The Morgan fingerprint density at radius 3 is 2.53 bits per heavy atom. The second-order valence-corrected chi connectivity index (χ2v) is 12.4. The fourth-order valence-corrected chi connectivity index (χ4v) is 8.63. The molecule has 0 amide bonds. The van der Waals surface area contributed by atoms with Crippen molar-refractivity contribution in [3.05, 3.63) is 11.6 Å². The van der Waals surface area contributed by atoms with E-state index in [1.54, 1.807) is 6.92 Å². The van der Waals surface area contributed by atoms with E-state index in [-0.39, 0.29) is 29.0 Å². The number of carbonyl (C=O) groups is 1.